The van der Waals surface area contributed by atoms with Gasteiger partial charge in [-0.2, -0.15) is 0 Å². The first-order valence-corrected chi connectivity index (χ1v) is 12.0. The fourth-order valence-electron chi connectivity index (χ4n) is 5.57. The predicted octanol–water partition coefficient (Wildman–Crippen LogP) is 8.15. The van der Waals surface area contributed by atoms with Gasteiger partial charge in [0.2, 0.25) is 0 Å². The molecule has 3 atom stereocenters. The van der Waals surface area contributed by atoms with E-state index in [2.05, 4.69) is 35.6 Å². The molecule has 0 bridgehead atoms. The highest BCUT2D eigenvalue weighted by molar-refractivity contribution is 5.48. The Hall–Kier alpha value is -2.48. The number of aryl methyl sites for hydroxylation is 1. The van der Waals surface area contributed by atoms with Crippen LogP contribution in [0.2, 0.25) is 0 Å². The summed E-state index contributed by atoms with van der Waals surface area (Å²) in [7, 11) is 0. The lowest BCUT2D eigenvalue weighted by molar-refractivity contribution is -0.275. The van der Waals surface area contributed by atoms with Gasteiger partial charge in [-0.25, -0.2) is 4.39 Å². The zero-order valence-corrected chi connectivity index (χ0v) is 19.0. The van der Waals surface area contributed by atoms with E-state index in [9.17, 15) is 17.6 Å². The molecule has 0 N–H and O–H groups in total. The van der Waals surface area contributed by atoms with Crippen LogP contribution < -0.4 is 4.74 Å². The summed E-state index contributed by atoms with van der Waals surface area (Å²) in [5, 5.41) is 0. The molecule has 2 aromatic carbocycles. The van der Waals surface area contributed by atoms with Crippen molar-refractivity contribution in [1.82, 2.24) is 0 Å². The fraction of sp³-hybridized carbons (Fsp3) is 0.500. The van der Waals surface area contributed by atoms with E-state index in [1.165, 1.54) is 68.6 Å². The molecule has 5 heteroatoms. The van der Waals surface area contributed by atoms with Gasteiger partial charge >= 0.3 is 6.36 Å². The van der Waals surface area contributed by atoms with E-state index < -0.39 is 17.9 Å². The summed E-state index contributed by atoms with van der Waals surface area (Å²) in [4.78, 5) is 0. The number of fused-ring (bicyclic) bond motifs is 3. The minimum absolute atomic E-state index is 0.307. The summed E-state index contributed by atoms with van der Waals surface area (Å²) in [6.45, 7) is 2.26. The lowest BCUT2D eigenvalue weighted by Gasteiger charge is -2.40. The van der Waals surface area contributed by atoms with Gasteiger partial charge in [-0.05, 0) is 91.3 Å². The minimum atomic E-state index is -4.93. The van der Waals surface area contributed by atoms with Crippen molar-refractivity contribution in [1.29, 1.82) is 0 Å². The van der Waals surface area contributed by atoms with Crippen molar-refractivity contribution in [2.75, 3.05) is 0 Å². The van der Waals surface area contributed by atoms with E-state index in [-0.39, 0.29) is 0 Å². The highest BCUT2D eigenvalue weighted by Crippen LogP contribution is 2.48. The van der Waals surface area contributed by atoms with E-state index in [0.29, 0.717) is 11.5 Å². The number of hydrogen-bond acceptors (Lipinski definition) is 1. The quantitative estimate of drug-likeness (QED) is 0.250. The van der Waals surface area contributed by atoms with E-state index in [1.54, 1.807) is 0 Å². The largest absolute Gasteiger partial charge is 0.573 e. The summed E-state index contributed by atoms with van der Waals surface area (Å²) in [6.07, 6.45) is 6.67. The molecule has 1 fully saturated rings. The lowest BCUT2D eigenvalue weighted by Crippen LogP contribution is -2.28. The maximum atomic E-state index is 13.9. The average Bonchev–Trinajstić information content (AvgIpc) is 2.78. The second-order valence-corrected chi connectivity index (χ2v) is 9.44. The lowest BCUT2D eigenvalue weighted by atomic mass is 9.64. The van der Waals surface area contributed by atoms with Crippen LogP contribution in [-0.2, 0) is 6.42 Å². The van der Waals surface area contributed by atoms with E-state index in [1.807, 2.05) is 6.07 Å². The fourth-order valence-corrected chi connectivity index (χ4v) is 5.57. The van der Waals surface area contributed by atoms with Gasteiger partial charge in [-0.15, -0.1) is 13.2 Å². The summed E-state index contributed by atoms with van der Waals surface area (Å²) in [5.74, 6) is 6.28. The number of benzene rings is 2. The van der Waals surface area contributed by atoms with E-state index in [4.69, 9.17) is 0 Å². The van der Waals surface area contributed by atoms with Gasteiger partial charge in [-0.1, -0.05) is 50.5 Å². The first-order valence-electron chi connectivity index (χ1n) is 12.0. The Bertz CT molecular complexity index is 1030. The third-order valence-electron chi connectivity index (χ3n) is 7.14. The van der Waals surface area contributed by atoms with E-state index >= 15 is 0 Å². The Morgan fingerprint density at radius 2 is 1.73 bits per heavy atom. The average molecular weight is 459 g/mol. The normalized spacial score (nSPS) is 22.0. The second-order valence-electron chi connectivity index (χ2n) is 9.44. The number of hydrogen-bond donors (Lipinski definition) is 0. The standard InChI is InChI=1S/C28H30F4O/c1-2-3-4-5-19-8-13-24-22(16-19)11-12-23-17-20(9-14-25(23)24)6-7-21-10-15-27(26(29)18-21)33-28(30,31)32/h9-10,14-15,17-19,22,24H,2-5,8,11-13,16H2,1H3/t19-,22-,24+/m1/s1. The summed E-state index contributed by atoms with van der Waals surface area (Å²) in [6, 6.07) is 9.60. The number of halogens is 4. The number of alkyl halides is 3. The van der Waals surface area contributed by atoms with Crippen LogP contribution in [-0.4, -0.2) is 6.36 Å². The van der Waals surface area contributed by atoms with Crippen LogP contribution in [0.1, 0.15) is 86.5 Å². The molecule has 0 aromatic heterocycles. The zero-order chi connectivity index (χ0) is 23.4. The van der Waals surface area contributed by atoms with Crippen LogP contribution in [0, 0.1) is 29.5 Å². The summed E-state index contributed by atoms with van der Waals surface area (Å²) < 4.78 is 54.5. The highest BCUT2D eigenvalue weighted by Gasteiger charge is 2.35. The van der Waals surface area contributed by atoms with Crippen LogP contribution in [0.5, 0.6) is 5.75 Å². The molecule has 2 aromatic rings. The number of unbranched alkanes of at least 4 members (excludes halogenated alkanes) is 2. The zero-order valence-electron chi connectivity index (χ0n) is 19.0. The van der Waals surface area contributed by atoms with Gasteiger partial charge in [-0.3, -0.25) is 0 Å². The van der Waals surface area contributed by atoms with Crippen molar-refractivity contribution in [2.45, 2.75) is 77.0 Å². The molecule has 1 nitrogen and oxygen atoms in total. The SMILES string of the molecule is CCCCC[C@@H]1CC[C@@H]2c3ccc(C#Cc4ccc(OC(F)(F)F)c(F)c4)cc3CC[C@@H]2C1. The molecule has 0 unspecified atom stereocenters. The van der Waals surface area contributed by atoms with Crippen LogP contribution in [0.3, 0.4) is 0 Å². The predicted molar refractivity (Wildman–Crippen MR) is 122 cm³/mol. The van der Waals surface area contributed by atoms with Crippen LogP contribution in [0.25, 0.3) is 0 Å². The molecule has 33 heavy (non-hydrogen) atoms. The first-order chi connectivity index (χ1) is 15.8. The molecular weight excluding hydrogens is 428 g/mol. The minimum Gasteiger partial charge on any atom is -0.403 e. The van der Waals surface area contributed by atoms with Crippen molar-refractivity contribution in [2.24, 2.45) is 11.8 Å². The third-order valence-corrected chi connectivity index (χ3v) is 7.14. The van der Waals surface area contributed by atoms with Gasteiger partial charge in [0.05, 0.1) is 0 Å². The van der Waals surface area contributed by atoms with Gasteiger partial charge in [0.1, 0.15) is 0 Å². The van der Waals surface area contributed by atoms with E-state index in [0.717, 1.165) is 36.0 Å². The molecule has 0 aliphatic heterocycles. The molecule has 0 radical (unpaired) electrons. The van der Waals surface area contributed by atoms with Crippen LogP contribution in [0.4, 0.5) is 17.6 Å². The topological polar surface area (TPSA) is 9.23 Å². The van der Waals surface area contributed by atoms with Crippen molar-refractivity contribution < 1.29 is 22.3 Å². The Morgan fingerprint density at radius 1 is 0.970 bits per heavy atom. The molecule has 4 rings (SSSR count). The second kappa shape index (κ2) is 10.2. The Kier molecular flexibility index (Phi) is 7.32. The van der Waals surface area contributed by atoms with Crippen molar-refractivity contribution in [3.8, 4) is 17.6 Å². The van der Waals surface area contributed by atoms with Crippen molar-refractivity contribution in [3.05, 3.63) is 64.5 Å². The van der Waals surface area contributed by atoms with Gasteiger partial charge in [0.15, 0.2) is 11.6 Å². The van der Waals surface area contributed by atoms with Gasteiger partial charge < -0.3 is 4.74 Å². The summed E-state index contributed by atoms with van der Waals surface area (Å²) in [5.41, 5.74) is 3.97. The van der Waals surface area contributed by atoms with Crippen molar-refractivity contribution in [3.63, 3.8) is 0 Å². The molecule has 0 heterocycles. The Morgan fingerprint density at radius 3 is 2.45 bits per heavy atom. The van der Waals surface area contributed by atoms with Crippen LogP contribution >= 0.6 is 0 Å². The molecule has 0 spiro atoms. The molecule has 0 saturated heterocycles. The first kappa shape index (κ1) is 23.7. The Labute approximate surface area is 193 Å². The summed E-state index contributed by atoms with van der Waals surface area (Å²) >= 11 is 0. The Balaban J connectivity index is 1.43. The van der Waals surface area contributed by atoms with Crippen molar-refractivity contribution >= 4 is 0 Å². The smallest absolute Gasteiger partial charge is 0.403 e. The monoisotopic (exact) mass is 458 g/mol. The molecule has 0 amide bonds. The molecule has 176 valence electrons. The molecular formula is C28H30F4O. The van der Waals surface area contributed by atoms with Gasteiger partial charge in [0.25, 0.3) is 0 Å². The highest BCUT2D eigenvalue weighted by atomic mass is 19.4. The maximum Gasteiger partial charge on any atom is 0.573 e. The number of ether oxygens (including phenoxy) is 1. The maximum absolute atomic E-state index is 13.9. The van der Waals surface area contributed by atoms with Crippen LogP contribution in [0.15, 0.2) is 36.4 Å². The molecule has 2 aliphatic carbocycles. The number of rotatable bonds is 5. The van der Waals surface area contributed by atoms with Gasteiger partial charge in [0, 0.05) is 11.1 Å². The third kappa shape index (κ3) is 6.10. The molecule has 1 saturated carbocycles. The molecule has 2 aliphatic rings.